The number of fused-ring (bicyclic) bond motifs is 1. The van der Waals surface area contributed by atoms with Gasteiger partial charge in [0, 0.05) is 5.02 Å². The van der Waals surface area contributed by atoms with Crippen molar-refractivity contribution in [3.8, 4) is 0 Å². The normalized spacial score (nSPS) is 16.2. The van der Waals surface area contributed by atoms with E-state index in [1.165, 1.54) is 11.3 Å². The van der Waals surface area contributed by atoms with Crippen molar-refractivity contribution >= 4 is 35.0 Å². The van der Waals surface area contributed by atoms with Crippen LogP contribution in [0.1, 0.15) is 31.0 Å². The molecule has 1 aliphatic rings. The second-order valence-corrected chi connectivity index (χ2v) is 8.15. The number of esters is 1. The van der Waals surface area contributed by atoms with E-state index in [4.69, 9.17) is 16.3 Å². The summed E-state index contributed by atoms with van der Waals surface area (Å²) >= 11 is 7.55. The van der Waals surface area contributed by atoms with Crippen molar-refractivity contribution in [3.63, 3.8) is 0 Å². The Morgan fingerprint density at radius 3 is 2.60 bits per heavy atom. The highest BCUT2D eigenvalue weighted by Gasteiger charge is 2.33. The van der Waals surface area contributed by atoms with Crippen LogP contribution in [0.3, 0.4) is 0 Å². The molecule has 5 nitrogen and oxygen atoms in total. The maximum Gasteiger partial charge on any atom is 0.338 e. The molecular formula is C23H19ClN2O3S. The molecule has 1 atom stereocenters. The molecule has 0 fully saturated rings. The third kappa shape index (κ3) is 3.64. The van der Waals surface area contributed by atoms with E-state index >= 15 is 0 Å². The first kappa shape index (κ1) is 20.3. The van der Waals surface area contributed by atoms with Crippen LogP contribution in [0.15, 0.2) is 75.7 Å². The molecule has 2 heterocycles. The molecule has 152 valence electrons. The van der Waals surface area contributed by atoms with Crippen LogP contribution in [-0.4, -0.2) is 17.1 Å². The quantitative estimate of drug-likeness (QED) is 0.586. The zero-order valence-corrected chi connectivity index (χ0v) is 18.0. The van der Waals surface area contributed by atoms with Gasteiger partial charge in [-0.25, -0.2) is 9.79 Å². The summed E-state index contributed by atoms with van der Waals surface area (Å²) < 4.78 is 7.35. The molecule has 4 rings (SSSR count). The molecule has 0 aliphatic carbocycles. The molecule has 30 heavy (non-hydrogen) atoms. The lowest BCUT2D eigenvalue weighted by atomic mass is 9.96. The number of hydrogen-bond acceptors (Lipinski definition) is 5. The average Bonchev–Trinajstić information content (AvgIpc) is 3.04. The molecule has 1 aliphatic heterocycles. The van der Waals surface area contributed by atoms with Crippen LogP contribution in [0.25, 0.3) is 6.08 Å². The van der Waals surface area contributed by atoms with E-state index in [9.17, 15) is 9.59 Å². The molecular weight excluding hydrogens is 420 g/mol. The largest absolute Gasteiger partial charge is 0.463 e. The fraction of sp³-hybridized carbons (Fsp3) is 0.174. The second kappa shape index (κ2) is 8.42. The monoisotopic (exact) mass is 438 g/mol. The van der Waals surface area contributed by atoms with Crippen LogP contribution in [0, 0.1) is 0 Å². The first-order valence-electron chi connectivity index (χ1n) is 9.50. The van der Waals surface area contributed by atoms with Crippen molar-refractivity contribution in [1.29, 1.82) is 0 Å². The van der Waals surface area contributed by atoms with Gasteiger partial charge in [0.15, 0.2) is 4.80 Å². The van der Waals surface area contributed by atoms with Crippen molar-refractivity contribution in [2.75, 3.05) is 6.61 Å². The van der Waals surface area contributed by atoms with Crippen molar-refractivity contribution in [2.45, 2.75) is 19.9 Å². The summed E-state index contributed by atoms with van der Waals surface area (Å²) in [6, 6.07) is 16.2. The van der Waals surface area contributed by atoms with Gasteiger partial charge in [-0.05, 0) is 37.1 Å². The number of thiazole rings is 1. The molecule has 2 aromatic carbocycles. The van der Waals surface area contributed by atoms with Gasteiger partial charge in [-0.3, -0.25) is 9.36 Å². The fourth-order valence-electron chi connectivity index (χ4n) is 3.48. The highest BCUT2D eigenvalue weighted by Crippen LogP contribution is 2.30. The Morgan fingerprint density at radius 1 is 1.20 bits per heavy atom. The fourth-order valence-corrected chi connectivity index (χ4v) is 4.70. The van der Waals surface area contributed by atoms with Crippen molar-refractivity contribution in [3.05, 3.63) is 102 Å². The van der Waals surface area contributed by atoms with E-state index in [-0.39, 0.29) is 12.2 Å². The van der Waals surface area contributed by atoms with Gasteiger partial charge < -0.3 is 4.74 Å². The number of rotatable bonds is 4. The number of hydrogen-bond donors (Lipinski definition) is 0. The van der Waals surface area contributed by atoms with E-state index in [1.54, 1.807) is 30.6 Å². The topological polar surface area (TPSA) is 60.7 Å². The van der Waals surface area contributed by atoms with E-state index in [0.717, 1.165) is 11.1 Å². The molecule has 0 amide bonds. The van der Waals surface area contributed by atoms with Crippen LogP contribution in [-0.2, 0) is 9.53 Å². The minimum absolute atomic E-state index is 0.221. The molecule has 3 aromatic rings. The van der Waals surface area contributed by atoms with Crippen molar-refractivity contribution in [1.82, 2.24) is 4.57 Å². The van der Waals surface area contributed by atoms with Gasteiger partial charge in [0.1, 0.15) is 0 Å². The standard InChI is InChI=1S/C23H19ClN2O3S/c1-3-29-22(28)19-14(2)25-23-26(20(19)15-9-5-4-6-10-15)21(27)18(30-23)13-16-11-7-8-12-17(16)24/h4-13,20H,3H2,1-2H3/b18-13-/t20-/m1/s1. The maximum atomic E-state index is 13.4. The Labute approximate surface area is 182 Å². The number of aromatic nitrogens is 1. The highest BCUT2D eigenvalue weighted by molar-refractivity contribution is 7.07. The van der Waals surface area contributed by atoms with Gasteiger partial charge >= 0.3 is 5.97 Å². The molecule has 0 bridgehead atoms. The number of halogens is 1. The third-order valence-corrected chi connectivity index (χ3v) is 6.15. The molecule has 0 N–H and O–H groups in total. The van der Waals surface area contributed by atoms with E-state index < -0.39 is 12.0 Å². The molecule has 1 aromatic heterocycles. The first-order chi connectivity index (χ1) is 14.5. The number of benzene rings is 2. The third-order valence-electron chi connectivity index (χ3n) is 4.82. The Morgan fingerprint density at radius 2 is 1.90 bits per heavy atom. The van der Waals surface area contributed by atoms with Crippen LogP contribution >= 0.6 is 22.9 Å². The summed E-state index contributed by atoms with van der Waals surface area (Å²) in [7, 11) is 0. The number of ether oxygens (including phenoxy) is 1. The smallest absolute Gasteiger partial charge is 0.338 e. The SMILES string of the molecule is CCOC(=O)C1=C(C)N=c2s/c(=C\c3ccccc3Cl)c(=O)n2[C@@H]1c1ccccc1. The molecule has 0 saturated carbocycles. The summed E-state index contributed by atoms with van der Waals surface area (Å²) in [6.07, 6.45) is 1.76. The molecule has 0 radical (unpaired) electrons. The van der Waals surface area contributed by atoms with Crippen LogP contribution < -0.4 is 14.9 Å². The van der Waals surface area contributed by atoms with Gasteiger partial charge in [0.2, 0.25) is 0 Å². The maximum absolute atomic E-state index is 13.4. The van der Waals surface area contributed by atoms with E-state index in [2.05, 4.69) is 4.99 Å². The predicted octanol–water partition coefficient (Wildman–Crippen LogP) is 3.45. The lowest BCUT2D eigenvalue weighted by molar-refractivity contribution is -0.139. The minimum atomic E-state index is -0.602. The molecule has 7 heteroatoms. The zero-order valence-electron chi connectivity index (χ0n) is 16.5. The van der Waals surface area contributed by atoms with Gasteiger partial charge in [-0.2, -0.15) is 0 Å². The number of nitrogens with zero attached hydrogens (tertiary/aromatic N) is 2. The summed E-state index contributed by atoms with van der Waals surface area (Å²) in [4.78, 5) is 31.3. The van der Waals surface area contributed by atoms with Crippen LogP contribution in [0.5, 0.6) is 0 Å². The van der Waals surface area contributed by atoms with Gasteiger partial charge in [-0.1, -0.05) is 71.5 Å². The Hall–Kier alpha value is -2.96. The van der Waals surface area contributed by atoms with Gasteiger partial charge in [-0.15, -0.1) is 0 Å². The second-order valence-electron chi connectivity index (χ2n) is 6.73. The zero-order chi connectivity index (χ0) is 21.3. The first-order valence-corrected chi connectivity index (χ1v) is 10.7. The van der Waals surface area contributed by atoms with Gasteiger partial charge in [0.25, 0.3) is 5.56 Å². The minimum Gasteiger partial charge on any atom is -0.463 e. The Bertz CT molecular complexity index is 1320. The molecule has 0 saturated heterocycles. The highest BCUT2D eigenvalue weighted by atomic mass is 35.5. The van der Waals surface area contributed by atoms with Crippen molar-refractivity contribution < 1.29 is 9.53 Å². The number of allylic oxidation sites excluding steroid dienone is 1. The average molecular weight is 439 g/mol. The van der Waals surface area contributed by atoms with Crippen LogP contribution in [0.2, 0.25) is 5.02 Å². The Kier molecular flexibility index (Phi) is 5.70. The number of carbonyl (C=O) groups is 1. The number of carbonyl (C=O) groups excluding carboxylic acids is 1. The summed E-state index contributed by atoms with van der Waals surface area (Å²) in [5, 5.41) is 0.561. The van der Waals surface area contributed by atoms with E-state index in [0.29, 0.717) is 25.6 Å². The summed E-state index contributed by atoms with van der Waals surface area (Å²) in [5.74, 6) is -0.465. The molecule has 0 spiro atoms. The van der Waals surface area contributed by atoms with E-state index in [1.807, 2.05) is 48.5 Å². The van der Waals surface area contributed by atoms with Crippen LogP contribution in [0.4, 0.5) is 0 Å². The predicted molar refractivity (Wildman–Crippen MR) is 118 cm³/mol. The van der Waals surface area contributed by atoms with Gasteiger partial charge in [0.05, 0.1) is 28.5 Å². The van der Waals surface area contributed by atoms with Crippen molar-refractivity contribution in [2.24, 2.45) is 4.99 Å². The lowest BCUT2D eigenvalue weighted by Crippen LogP contribution is -2.39. The summed E-state index contributed by atoms with van der Waals surface area (Å²) in [6.45, 7) is 3.77. The molecule has 0 unspecified atom stereocenters. The summed E-state index contributed by atoms with van der Waals surface area (Å²) in [5.41, 5.74) is 2.27. The lowest BCUT2D eigenvalue weighted by Gasteiger charge is -2.24. The Balaban J connectivity index is 1.97.